The number of carbonyl (C=O) groups is 2. The average Bonchev–Trinajstić information content (AvgIpc) is 2.73. The first-order chi connectivity index (χ1) is 13.6. The third kappa shape index (κ3) is 5.59. The van der Waals surface area contributed by atoms with Crippen LogP contribution in [-0.2, 0) is 16.1 Å². The summed E-state index contributed by atoms with van der Waals surface area (Å²) < 4.78 is 10.8. The Hall–Kier alpha value is -3.31. The molecule has 0 aliphatic heterocycles. The van der Waals surface area contributed by atoms with Gasteiger partial charge in [0.25, 0.3) is 5.91 Å². The highest BCUT2D eigenvalue weighted by Crippen LogP contribution is 2.20. The Bertz CT molecular complexity index is 960. The molecule has 1 N–H and O–H groups in total. The minimum Gasteiger partial charge on any atom is -0.489 e. The van der Waals surface area contributed by atoms with E-state index in [9.17, 15) is 9.59 Å². The molecule has 0 aromatic heterocycles. The van der Waals surface area contributed by atoms with Gasteiger partial charge in [-0.2, -0.15) is 0 Å². The molecule has 0 aliphatic rings. The van der Waals surface area contributed by atoms with Gasteiger partial charge in [-0.1, -0.05) is 60.1 Å². The molecule has 0 saturated carbocycles. The number of carbonyl (C=O) groups excluding carboxylic acids is 2. The van der Waals surface area contributed by atoms with Gasteiger partial charge in [-0.25, -0.2) is 4.79 Å². The van der Waals surface area contributed by atoms with Gasteiger partial charge >= 0.3 is 5.97 Å². The van der Waals surface area contributed by atoms with E-state index in [2.05, 4.69) is 5.32 Å². The van der Waals surface area contributed by atoms with Gasteiger partial charge < -0.3 is 14.8 Å². The number of nitrogens with one attached hydrogen (secondary N) is 1. The van der Waals surface area contributed by atoms with Crippen molar-refractivity contribution in [2.75, 3.05) is 11.9 Å². The lowest BCUT2D eigenvalue weighted by molar-refractivity contribution is -0.119. The molecular weight excluding hydrogens is 378 g/mol. The van der Waals surface area contributed by atoms with Crippen LogP contribution >= 0.6 is 11.6 Å². The second-order valence-electron chi connectivity index (χ2n) is 5.91. The van der Waals surface area contributed by atoms with Gasteiger partial charge in [0.1, 0.15) is 12.4 Å². The smallest absolute Gasteiger partial charge is 0.338 e. The Morgan fingerprint density at radius 3 is 2.43 bits per heavy atom. The summed E-state index contributed by atoms with van der Waals surface area (Å²) in [5, 5.41) is 3.00. The van der Waals surface area contributed by atoms with Crippen LogP contribution in [0.25, 0.3) is 0 Å². The van der Waals surface area contributed by atoms with E-state index < -0.39 is 18.5 Å². The summed E-state index contributed by atoms with van der Waals surface area (Å²) in [4.78, 5) is 24.2. The molecular formula is C22H18ClNO4. The number of ether oxygens (including phenoxy) is 2. The van der Waals surface area contributed by atoms with Crippen molar-refractivity contribution in [3.05, 3.63) is 95.0 Å². The van der Waals surface area contributed by atoms with E-state index in [1.165, 1.54) is 0 Å². The van der Waals surface area contributed by atoms with Gasteiger partial charge in [0.15, 0.2) is 6.61 Å². The lowest BCUT2D eigenvalue weighted by atomic mass is 10.2. The Morgan fingerprint density at radius 2 is 1.64 bits per heavy atom. The number of rotatable bonds is 7. The second kappa shape index (κ2) is 9.58. The van der Waals surface area contributed by atoms with Gasteiger partial charge in [0, 0.05) is 0 Å². The van der Waals surface area contributed by atoms with Crippen molar-refractivity contribution < 1.29 is 19.1 Å². The summed E-state index contributed by atoms with van der Waals surface area (Å²) in [5.41, 5.74) is 1.78. The highest BCUT2D eigenvalue weighted by Gasteiger charge is 2.12. The number of halogens is 1. The van der Waals surface area contributed by atoms with Gasteiger partial charge in [0.05, 0.1) is 16.3 Å². The molecule has 0 radical (unpaired) electrons. The lowest BCUT2D eigenvalue weighted by Crippen LogP contribution is -2.21. The maximum atomic E-state index is 12.2. The number of amides is 1. The van der Waals surface area contributed by atoms with Crippen LogP contribution in [0.1, 0.15) is 15.9 Å². The van der Waals surface area contributed by atoms with Crippen molar-refractivity contribution in [3.8, 4) is 5.75 Å². The Kier molecular flexibility index (Phi) is 6.65. The zero-order chi connectivity index (χ0) is 19.8. The molecule has 0 bridgehead atoms. The number of benzene rings is 3. The van der Waals surface area contributed by atoms with E-state index in [-0.39, 0.29) is 0 Å². The Labute approximate surface area is 167 Å². The second-order valence-corrected chi connectivity index (χ2v) is 6.31. The van der Waals surface area contributed by atoms with E-state index in [1.54, 1.807) is 48.5 Å². The predicted molar refractivity (Wildman–Crippen MR) is 108 cm³/mol. The molecule has 0 aliphatic carbocycles. The van der Waals surface area contributed by atoms with Crippen molar-refractivity contribution >= 4 is 29.2 Å². The first kappa shape index (κ1) is 19.5. The molecule has 0 unspecified atom stereocenters. The van der Waals surface area contributed by atoms with E-state index in [1.807, 2.05) is 30.3 Å². The molecule has 5 nitrogen and oxygen atoms in total. The molecule has 1 amide bonds. The molecule has 0 spiro atoms. The van der Waals surface area contributed by atoms with Gasteiger partial charge in [-0.15, -0.1) is 0 Å². The van der Waals surface area contributed by atoms with Crippen molar-refractivity contribution in [1.82, 2.24) is 0 Å². The van der Waals surface area contributed by atoms with Crippen LogP contribution < -0.4 is 10.1 Å². The van der Waals surface area contributed by atoms with Gasteiger partial charge in [0.2, 0.25) is 0 Å². The minimum absolute atomic E-state index is 0.302. The summed E-state index contributed by atoms with van der Waals surface area (Å²) in [6.45, 7) is -0.0290. The highest BCUT2D eigenvalue weighted by molar-refractivity contribution is 6.33. The van der Waals surface area contributed by atoms with Crippen LogP contribution in [-0.4, -0.2) is 18.5 Å². The molecule has 3 aromatic carbocycles. The fraction of sp³-hybridized carbons (Fsp3) is 0.0909. The van der Waals surface area contributed by atoms with Crippen LogP contribution in [0.3, 0.4) is 0 Å². The number of esters is 1. The van der Waals surface area contributed by atoms with Crippen LogP contribution in [0.4, 0.5) is 5.69 Å². The topological polar surface area (TPSA) is 64.6 Å². The summed E-state index contributed by atoms with van der Waals surface area (Å²) >= 11 is 5.98. The number of para-hydroxylation sites is 1. The van der Waals surface area contributed by atoms with Crippen LogP contribution in [0.2, 0.25) is 5.02 Å². The third-order valence-corrected chi connectivity index (χ3v) is 4.13. The molecule has 3 rings (SSSR count). The summed E-state index contributed by atoms with van der Waals surface area (Å²) in [7, 11) is 0. The van der Waals surface area contributed by atoms with E-state index in [0.717, 1.165) is 5.56 Å². The first-order valence-electron chi connectivity index (χ1n) is 8.60. The minimum atomic E-state index is -0.612. The summed E-state index contributed by atoms with van der Waals surface area (Å²) in [6.07, 6.45) is 0. The molecule has 0 saturated heterocycles. The molecule has 3 aromatic rings. The zero-order valence-corrected chi connectivity index (χ0v) is 15.7. The number of hydrogen-bond acceptors (Lipinski definition) is 4. The average molecular weight is 396 g/mol. The Morgan fingerprint density at radius 1 is 0.893 bits per heavy atom. The fourth-order valence-electron chi connectivity index (χ4n) is 2.42. The van der Waals surface area contributed by atoms with Crippen LogP contribution in [0, 0.1) is 0 Å². The first-order valence-corrected chi connectivity index (χ1v) is 8.98. The molecule has 0 atom stereocenters. The van der Waals surface area contributed by atoms with Crippen molar-refractivity contribution in [3.63, 3.8) is 0 Å². The standard InChI is InChI=1S/C22H18ClNO4/c23-19-11-4-5-12-20(19)24-21(25)15-28-22(26)17-9-6-10-18(13-17)27-14-16-7-2-1-3-8-16/h1-13H,14-15H2,(H,24,25). The number of hydrogen-bond donors (Lipinski definition) is 1. The normalized spacial score (nSPS) is 10.2. The maximum Gasteiger partial charge on any atom is 0.338 e. The van der Waals surface area contributed by atoms with Crippen LogP contribution in [0.5, 0.6) is 5.75 Å². The Balaban J connectivity index is 1.52. The molecule has 0 fully saturated rings. The highest BCUT2D eigenvalue weighted by atomic mass is 35.5. The van der Waals surface area contributed by atoms with Crippen LogP contribution in [0.15, 0.2) is 78.9 Å². The van der Waals surface area contributed by atoms with Crippen molar-refractivity contribution in [2.45, 2.75) is 6.61 Å². The lowest BCUT2D eigenvalue weighted by Gasteiger charge is -2.09. The van der Waals surface area contributed by atoms with E-state index >= 15 is 0 Å². The van der Waals surface area contributed by atoms with E-state index in [0.29, 0.717) is 28.6 Å². The SMILES string of the molecule is O=C(COC(=O)c1cccc(OCc2ccccc2)c1)Nc1ccccc1Cl. The fourth-order valence-corrected chi connectivity index (χ4v) is 2.60. The largest absolute Gasteiger partial charge is 0.489 e. The number of anilines is 1. The quantitative estimate of drug-likeness (QED) is 0.588. The molecule has 142 valence electrons. The van der Waals surface area contributed by atoms with Crippen molar-refractivity contribution in [2.24, 2.45) is 0 Å². The predicted octanol–water partition coefficient (Wildman–Crippen LogP) is 4.71. The summed E-state index contributed by atoms with van der Waals surface area (Å²) in [5.74, 6) is -0.545. The zero-order valence-electron chi connectivity index (χ0n) is 14.9. The van der Waals surface area contributed by atoms with Crippen molar-refractivity contribution in [1.29, 1.82) is 0 Å². The molecule has 0 heterocycles. The van der Waals surface area contributed by atoms with Gasteiger partial charge in [-0.05, 0) is 35.9 Å². The third-order valence-electron chi connectivity index (χ3n) is 3.80. The van der Waals surface area contributed by atoms with E-state index in [4.69, 9.17) is 21.1 Å². The van der Waals surface area contributed by atoms with Gasteiger partial charge in [-0.3, -0.25) is 4.79 Å². The monoisotopic (exact) mass is 395 g/mol. The molecule has 28 heavy (non-hydrogen) atoms. The summed E-state index contributed by atoms with van der Waals surface area (Å²) in [6, 6.07) is 23.2. The maximum absolute atomic E-state index is 12.2. The molecule has 6 heteroatoms.